The van der Waals surface area contributed by atoms with Crippen LogP contribution in [0.1, 0.15) is 38.5 Å². The van der Waals surface area contributed by atoms with Gasteiger partial charge in [-0.1, -0.05) is 0 Å². The number of likely N-dealkylation sites (tertiary alicyclic amines) is 1. The van der Waals surface area contributed by atoms with Crippen molar-refractivity contribution in [3.05, 3.63) is 12.3 Å². The molecule has 0 N–H and O–H groups in total. The Kier molecular flexibility index (Phi) is 5.76. The van der Waals surface area contributed by atoms with E-state index in [2.05, 4.69) is 14.9 Å². The first-order valence-corrected chi connectivity index (χ1v) is 10.3. The third-order valence-corrected chi connectivity index (χ3v) is 6.37. The van der Waals surface area contributed by atoms with Crippen molar-refractivity contribution in [3.63, 3.8) is 0 Å². The molecule has 0 spiro atoms. The van der Waals surface area contributed by atoms with Crippen molar-refractivity contribution >= 4 is 11.9 Å². The van der Waals surface area contributed by atoms with E-state index in [1.165, 1.54) is 12.8 Å². The molecular formula is C20H30N4O3. The second kappa shape index (κ2) is 8.42. The molecule has 0 aliphatic carbocycles. The maximum Gasteiger partial charge on any atom is 0.251 e. The Balaban J connectivity index is 1.25. The van der Waals surface area contributed by atoms with Crippen LogP contribution < -0.4 is 9.64 Å². The molecule has 27 heavy (non-hydrogen) atoms. The second-order valence-electron chi connectivity index (χ2n) is 7.89. The van der Waals surface area contributed by atoms with Gasteiger partial charge in [0.1, 0.15) is 6.10 Å². The van der Waals surface area contributed by atoms with Crippen molar-refractivity contribution in [2.24, 2.45) is 11.8 Å². The van der Waals surface area contributed by atoms with Gasteiger partial charge in [-0.25, -0.2) is 4.98 Å². The third kappa shape index (κ3) is 4.18. The summed E-state index contributed by atoms with van der Waals surface area (Å²) in [5.41, 5.74) is 0. The fourth-order valence-corrected chi connectivity index (χ4v) is 4.74. The second-order valence-corrected chi connectivity index (χ2v) is 7.89. The number of hydrogen-bond donors (Lipinski definition) is 0. The standard InChI is InChI=1S/C20H30N4O3/c1-26-18-4-9-21-20(22-18)24-12-7-16(8-13-24)15-5-10-23(11-6-15)19(25)17-3-2-14-27-17/h4,9,15-17H,2-3,5-8,10-14H2,1H3/t17-/m1/s1. The quantitative estimate of drug-likeness (QED) is 0.804. The van der Waals surface area contributed by atoms with Crippen LogP contribution in [0.5, 0.6) is 5.88 Å². The predicted octanol–water partition coefficient (Wildman–Crippen LogP) is 2.12. The van der Waals surface area contributed by atoms with E-state index in [0.717, 1.165) is 76.3 Å². The minimum Gasteiger partial charge on any atom is -0.481 e. The van der Waals surface area contributed by atoms with Crippen molar-refractivity contribution in [2.75, 3.05) is 44.8 Å². The van der Waals surface area contributed by atoms with Crippen molar-refractivity contribution in [2.45, 2.75) is 44.6 Å². The van der Waals surface area contributed by atoms with E-state index in [1.807, 2.05) is 4.90 Å². The molecule has 3 aliphatic rings. The highest BCUT2D eigenvalue weighted by Crippen LogP contribution is 2.34. The van der Waals surface area contributed by atoms with Gasteiger partial charge >= 0.3 is 0 Å². The number of ether oxygens (including phenoxy) is 2. The van der Waals surface area contributed by atoms with Crippen molar-refractivity contribution in [1.29, 1.82) is 0 Å². The van der Waals surface area contributed by atoms with Crippen LogP contribution in [0.3, 0.4) is 0 Å². The molecule has 0 saturated carbocycles. The van der Waals surface area contributed by atoms with E-state index in [-0.39, 0.29) is 12.0 Å². The molecule has 0 aromatic carbocycles. The molecule has 148 valence electrons. The lowest BCUT2D eigenvalue weighted by molar-refractivity contribution is -0.142. The Hall–Kier alpha value is -1.89. The number of hydrogen-bond acceptors (Lipinski definition) is 6. The van der Waals surface area contributed by atoms with Gasteiger partial charge in [0.2, 0.25) is 11.8 Å². The molecule has 1 aromatic rings. The van der Waals surface area contributed by atoms with E-state index < -0.39 is 0 Å². The SMILES string of the molecule is COc1ccnc(N2CCC(C3CCN(C(=O)[C@H]4CCCO4)CC3)CC2)n1. The van der Waals surface area contributed by atoms with Gasteiger partial charge in [-0.2, -0.15) is 4.98 Å². The predicted molar refractivity (Wildman–Crippen MR) is 102 cm³/mol. The molecular weight excluding hydrogens is 344 g/mol. The van der Waals surface area contributed by atoms with Crippen LogP contribution in [0, 0.1) is 11.8 Å². The highest BCUT2D eigenvalue weighted by Gasteiger charge is 2.34. The Morgan fingerprint density at radius 1 is 1.11 bits per heavy atom. The summed E-state index contributed by atoms with van der Waals surface area (Å²) < 4.78 is 10.8. The molecule has 4 rings (SSSR count). The van der Waals surface area contributed by atoms with Crippen LogP contribution in [0.4, 0.5) is 5.95 Å². The largest absolute Gasteiger partial charge is 0.481 e. The number of aromatic nitrogens is 2. The van der Waals surface area contributed by atoms with Crippen LogP contribution in [-0.2, 0) is 9.53 Å². The molecule has 0 unspecified atom stereocenters. The maximum atomic E-state index is 12.5. The maximum absolute atomic E-state index is 12.5. The summed E-state index contributed by atoms with van der Waals surface area (Å²) in [7, 11) is 1.63. The van der Waals surface area contributed by atoms with Crippen LogP contribution in [0.2, 0.25) is 0 Å². The number of anilines is 1. The summed E-state index contributed by atoms with van der Waals surface area (Å²) in [6.45, 7) is 4.51. The van der Waals surface area contributed by atoms with Gasteiger partial charge in [-0.3, -0.25) is 4.79 Å². The summed E-state index contributed by atoms with van der Waals surface area (Å²) in [6, 6.07) is 1.78. The van der Waals surface area contributed by atoms with Gasteiger partial charge in [0.15, 0.2) is 0 Å². The van der Waals surface area contributed by atoms with E-state index in [1.54, 1.807) is 19.4 Å². The fraction of sp³-hybridized carbons (Fsp3) is 0.750. The zero-order valence-electron chi connectivity index (χ0n) is 16.2. The Morgan fingerprint density at radius 3 is 2.44 bits per heavy atom. The number of nitrogens with zero attached hydrogens (tertiary/aromatic N) is 4. The number of rotatable bonds is 4. The lowest BCUT2D eigenvalue weighted by Crippen LogP contribution is -2.46. The number of carbonyl (C=O) groups excluding carboxylic acids is 1. The summed E-state index contributed by atoms with van der Waals surface area (Å²) in [4.78, 5) is 25.6. The number of amides is 1. The molecule has 0 radical (unpaired) electrons. The van der Waals surface area contributed by atoms with E-state index >= 15 is 0 Å². The van der Waals surface area contributed by atoms with Crippen LogP contribution in [-0.4, -0.2) is 66.8 Å². The zero-order chi connectivity index (χ0) is 18.6. The molecule has 1 atom stereocenters. The Morgan fingerprint density at radius 2 is 1.81 bits per heavy atom. The Labute approximate surface area is 161 Å². The van der Waals surface area contributed by atoms with Crippen molar-refractivity contribution in [3.8, 4) is 5.88 Å². The molecule has 7 heteroatoms. The van der Waals surface area contributed by atoms with E-state index in [4.69, 9.17) is 9.47 Å². The normalized spacial score (nSPS) is 25.0. The van der Waals surface area contributed by atoms with Crippen molar-refractivity contribution in [1.82, 2.24) is 14.9 Å². The van der Waals surface area contributed by atoms with Crippen molar-refractivity contribution < 1.29 is 14.3 Å². The average Bonchev–Trinajstić information content (AvgIpc) is 3.28. The Bertz CT molecular complexity index is 634. The molecule has 3 aliphatic heterocycles. The molecule has 0 bridgehead atoms. The van der Waals surface area contributed by atoms with Gasteiger partial charge in [0, 0.05) is 45.0 Å². The summed E-state index contributed by atoms with van der Waals surface area (Å²) in [6.07, 6.45) is 8.08. The molecule has 3 fully saturated rings. The first-order chi connectivity index (χ1) is 13.2. The summed E-state index contributed by atoms with van der Waals surface area (Å²) in [5, 5.41) is 0. The smallest absolute Gasteiger partial charge is 0.251 e. The highest BCUT2D eigenvalue weighted by molar-refractivity contribution is 5.81. The lowest BCUT2D eigenvalue weighted by atomic mass is 9.79. The highest BCUT2D eigenvalue weighted by atomic mass is 16.5. The number of carbonyl (C=O) groups is 1. The molecule has 3 saturated heterocycles. The van der Waals surface area contributed by atoms with Gasteiger partial charge < -0.3 is 19.3 Å². The van der Waals surface area contributed by atoms with Crippen LogP contribution in [0.15, 0.2) is 12.3 Å². The topological polar surface area (TPSA) is 67.8 Å². The number of methoxy groups -OCH3 is 1. The first-order valence-electron chi connectivity index (χ1n) is 10.3. The van der Waals surface area contributed by atoms with E-state index in [0.29, 0.717) is 5.88 Å². The lowest BCUT2D eigenvalue weighted by Gasteiger charge is -2.40. The molecule has 1 aromatic heterocycles. The minimum absolute atomic E-state index is 0.173. The monoisotopic (exact) mass is 374 g/mol. The minimum atomic E-state index is -0.173. The zero-order valence-corrected chi connectivity index (χ0v) is 16.2. The van der Waals surface area contributed by atoms with Gasteiger partial charge in [0.25, 0.3) is 5.91 Å². The average molecular weight is 374 g/mol. The van der Waals surface area contributed by atoms with E-state index in [9.17, 15) is 4.79 Å². The molecule has 4 heterocycles. The van der Waals surface area contributed by atoms with Gasteiger partial charge in [0.05, 0.1) is 7.11 Å². The number of piperidine rings is 2. The summed E-state index contributed by atoms with van der Waals surface area (Å²) >= 11 is 0. The molecule has 7 nitrogen and oxygen atoms in total. The van der Waals surface area contributed by atoms with Gasteiger partial charge in [-0.05, 0) is 50.4 Å². The summed E-state index contributed by atoms with van der Waals surface area (Å²) in [5.74, 6) is 3.07. The third-order valence-electron chi connectivity index (χ3n) is 6.37. The van der Waals surface area contributed by atoms with Crippen LogP contribution in [0.25, 0.3) is 0 Å². The first kappa shape index (κ1) is 18.5. The van der Waals surface area contributed by atoms with Gasteiger partial charge in [-0.15, -0.1) is 0 Å². The molecule has 1 amide bonds. The fourth-order valence-electron chi connectivity index (χ4n) is 4.74. The van der Waals surface area contributed by atoms with Crippen LogP contribution >= 0.6 is 0 Å².